The van der Waals surface area contributed by atoms with Gasteiger partial charge in [-0.3, -0.25) is 10.1 Å². The first-order chi connectivity index (χ1) is 19.5. The molecular formula is C30H43F2NO7Si. The van der Waals surface area contributed by atoms with Crippen LogP contribution in [0.5, 0.6) is 0 Å². The number of halogens is 2. The largest absolute Gasteiger partial charge is 0.389 e. The average Bonchev–Trinajstić information content (AvgIpc) is 2.92. The Morgan fingerprint density at radius 1 is 0.780 bits per heavy atom. The molecule has 11 heteroatoms. The van der Waals surface area contributed by atoms with E-state index in [1.165, 1.54) is 0 Å². The summed E-state index contributed by atoms with van der Waals surface area (Å²) in [5.41, 5.74) is 2.09. The van der Waals surface area contributed by atoms with Crippen molar-refractivity contribution in [3.8, 4) is 0 Å². The molecule has 1 unspecified atom stereocenters. The van der Waals surface area contributed by atoms with Crippen LogP contribution < -0.4 is 0 Å². The van der Waals surface area contributed by atoms with E-state index in [1.807, 2.05) is 60.7 Å². The Kier molecular flexibility index (Phi) is 12.4. The highest BCUT2D eigenvalue weighted by Crippen LogP contribution is 2.45. The second kappa shape index (κ2) is 15.3. The van der Waals surface area contributed by atoms with Crippen molar-refractivity contribution in [3.05, 3.63) is 81.9 Å². The van der Waals surface area contributed by atoms with E-state index in [1.54, 1.807) is 0 Å². The molecule has 0 radical (unpaired) electrons. The molecule has 228 valence electrons. The van der Waals surface area contributed by atoms with Gasteiger partial charge in [-0.1, -0.05) is 102 Å². The lowest BCUT2D eigenvalue weighted by atomic mass is 10.0. The Morgan fingerprint density at radius 3 is 1.66 bits per heavy atom. The van der Waals surface area contributed by atoms with Gasteiger partial charge in [0, 0.05) is 4.92 Å². The molecule has 1 heterocycles. The van der Waals surface area contributed by atoms with Crippen molar-refractivity contribution < 1.29 is 37.1 Å². The summed E-state index contributed by atoms with van der Waals surface area (Å²) in [6.45, 7) is 11.7. The summed E-state index contributed by atoms with van der Waals surface area (Å²) in [4.78, 5) is 11.9. The Labute approximate surface area is 242 Å². The third kappa shape index (κ3) is 8.39. The van der Waals surface area contributed by atoms with Crippen LogP contribution in [0.1, 0.15) is 52.7 Å². The molecule has 0 bridgehead atoms. The molecule has 0 aromatic heterocycles. The molecule has 1 aliphatic rings. The summed E-state index contributed by atoms with van der Waals surface area (Å²) in [5.74, 6) is 0. The summed E-state index contributed by atoms with van der Waals surface area (Å²) in [7, 11) is -2.64. The maximum absolute atomic E-state index is 13.2. The Balaban J connectivity index is 2.07. The molecule has 0 saturated carbocycles. The zero-order valence-corrected chi connectivity index (χ0v) is 25.7. The molecule has 1 saturated heterocycles. The van der Waals surface area contributed by atoms with Crippen LogP contribution in [-0.4, -0.2) is 57.1 Å². The van der Waals surface area contributed by atoms with Crippen molar-refractivity contribution in [2.75, 3.05) is 6.61 Å². The fourth-order valence-corrected chi connectivity index (χ4v) is 11.3. The Hall–Kier alpha value is -2.28. The molecule has 0 aliphatic carbocycles. The van der Waals surface area contributed by atoms with Gasteiger partial charge < -0.3 is 23.4 Å². The summed E-state index contributed by atoms with van der Waals surface area (Å²) >= 11 is 0. The summed E-state index contributed by atoms with van der Waals surface area (Å²) in [6.07, 6.45) is -7.86. The maximum atomic E-state index is 13.2. The molecule has 3 rings (SSSR count). The smallest absolute Gasteiger partial charge is 0.291 e. The maximum Gasteiger partial charge on any atom is 0.291 e. The van der Waals surface area contributed by atoms with E-state index in [2.05, 4.69) is 41.5 Å². The lowest BCUT2D eigenvalue weighted by Crippen LogP contribution is -2.65. The van der Waals surface area contributed by atoms with Gasteiger partial charge in [0.25, 0.3) is 12.5 Å². The number of rotatable bonds is 15. The lowest BCUT2D eigenvalue weighted by molar-refractivity contribution is -0.581. The van der Waals surface area contributed by atoms with E-state index in [0.29, 0.717) is 0 Å². The molecule has 41 heavy (non-hydrogen) atoms. The van der Waals surface area contributed by atoms with Crippen molar-refractivity contribution in [2.45, 2.75) is 109 Å². The zero-order valence-electron chi connectivity index (χ0n) is 24.7. The average molecular weight is 596 g/mol. The number of nitrogens with zero attached hydrogens (tertiary/aromatic N) is 1. The Morgan fingerprint density at radius 2 is 1.24 bits per heavy atom. The highest BCUT2D eigenvalue weighted by Gasteiger charge is 2.58. The first-order valence-electron chi connectivity index (χ1n) is 14.1. The number of benzene rings is 2. The lowest BCUT2D eigenvalue weighted by Gasteiger charge is -2.49. The summed E-state index contributed by atoms with van der Waals surface area (Å²) < 4.78 is 57.4. The van der Waals surface area contributed by atoms with Crippen LogP contribution in [0.15, 0.2) is 60.7 Å². The molecule has 1 fully saturated rings. The molecule has 0 N–H and O–H groups in total. The molecule has 1 aliphatic heterocycles. The molecule has 8 nitrogen and oxygen atoms in total. The van der Waals surface area contributed by atoms with Gasteiger partial charge in [-0.05, 0) is 27.8 Å². The van der Waals surface area contributed by atoms with E-state index in [9.17, 15) is 18.9 Å². The van der Waals surface area contributed by atoms with E-state index >= 15 is 0 Å². The van der Waals surface area contributed by atoms with Gasteiger partial charge >= 0.3 is 0 Å². The zero-order chi connectivity index (χ0) is 30.2. The topological polar surface area (TPSA) is 89.3 Å². The van der Waals surface area contributed by atoms with Gasteiger partial charge in [-0.25, -0.2) is 8.78 Å². The van der Waals surface area contributed by atoms with Crippen LogP contribution in [0.3, 0.4) is 0 Å². The third-order valence-electron chi connectivity index (χ3n) is 7.70. The predicted molar refractivity (Wildman–Crippen MR) is 154 cm³/mol. The quantitative estimate of drug-likeness (QED) is 0.125. The highest BCUT2D eigenvalue weighted by atomic mass is 28.4. The minimum absolute atomic E-state index is 0.0381. The fraction of sp³-hybridized carbons (Fsp3) is 0.600. The Bertz CT molecular complexity index is 1040. The normalized spacial score (nSPS) is 23.6. The molecule has 2 aromatic carbocycles. The third-order valence-corrected chi connectivity index (χ3v) is 13.8. The van der Waals surface area contributed by atoms with Gasteiger partial charge in [0.15, 0.2) is 12.4 Å². The van der Waals surface area contributed by atoms with E-state index in [4.69, 9.17) is 23.4 Å². The molecular weight excluding hydrogens is 552 g/mol. The first kappa shape index (κ1) is 33.2. The standard InChI is InChI=1S/C30H43F2NO7Si/c1-20(2)41(21(3)4,22(5)6)40-30-28(37-18-24-15-11-8-12-16-24)27(36-17-23-13-9-7-10-14-23)26(33(34)35)29(39-30)38-19-25(31)32/h7-16,20-22,25-30H,17-19H2,1-6H3/t26-,27-,28-,29?,30-/m1/s1. The number of ether oxygens (including phenoxy) is 4. The van der Waals surface area contributed by atoms with Crippen LogP contribution >= 0.6 is 0 Å². The van der Waals surface area contributed by atoms with Crippen molar-refractivity contribution in [1.82, 2.24) is 0 Å². The number of nitro groups is 1. The monoisotopic (exact) mass is 595 g/mol. The second-order valence-corrected chi connectivity index (χ2v) is 16.7. The van der Waals surface area contributed by atoms with Gasteiger partial charge in [0.2, 0.25) is 14.6 Å². The van der Waals surface area contributed by atoms with E-state index in [-0.39, 0.29) is 29.8 Å². The van der Waals surface area contributed by atoms with Crippen molar-refractivity contribution in [3.63, 3.8) is 0 Å². The predicted octanol–water partition coefficient (Wildman–Crippen LogP) is 6.96. The van der Waals surface area contributed by atoms with Crippen LogP contribution in [0.25, 0.3) is 0 Å². The number of alkyl halides is 2. The second-order valence-electron chi connectivity index (χ2n) is 11.3. The van der Waals surface area contributed by atoms with Gasteiger partial charge in [0.05, 0.1) is 13.2 Å². The number of hydrogen-bond donors (Lipinski definition) is 0. The molecule has 0 amide bonds. The summed E-state index contributed by atoms with van der Waals surface area (Å²) in [6, 6.07) is 17.0. The minimum Gasteiger partial charge on any atom is -0.389 e. The highest BCUT2D eigenvalue weighted by molar-refractivity contribution is 6.77. The van der Waals surface area contributed by atoms with Crippen molar-refractivity contribution >= 4 is 8.32 Å². The van der Waals surface area contributed by atoms with Crippen LogP contribution in [0, 0.1) is 10.1 Å². The van der Waals surface area contributed by atoms with E-state index in [0.717, 1.165) is 11.1 Å². The van der Waals surface area contributed by atoms with Gasteiger partial charge in [0.1, 0.15) is 12.7 Å². The van der Waals surface area contributed by atoms with Crippen LogP contribution in [0.2, 0.25) is 16.6 Å². The molecule has 2 aromatic rings. The molecule has 0 spiro atoms. The van der Waals surface area contributed by atoms with Crippen molar-refractivity contribution in [1.29, 1.82) is 0 Å². The molecule has 5 atom stereocenters. The van der Waals surface area contributed by atoms with Crippen LogP contribution in [0.4, 0.5) is 8.78 Å². The fourth-order valence-electron chi connectivity index (χ4n) is 5.92. The van der Waals surface area contributed by atoms with Crippen molar-refractivity contribution in [2.24, 2.45) is 0 Å². The van der Waals surface area contributed by atoms with Crippen LogP contribution in [-0.2, 0) is 36.6 Å². The summed E-state index contributed by atoms with van der Waals surface area (Å²) in [5, 5.41) is 12.5. The van der Waals surface area contributed by atoms with Gasteiger partial charge in [-0.2, -0.15) is 0 Å². The SMILES string of the molecule is CC(C)[Si](O[C@H]1OC(OCC(F)F)[C@H]([N+](=O)[O-])[C@@H](OCc2ccccc2)[C@H]1OCc1ccccc1)(C(C)C)C(C)C. The first-order valence-corrected chi connectivity index (χ1v) is 16.3. The van der Waals surface area contributed by atoms with Gasteiger partial charge in [-0.15, -0.1) is 0 Å². The minimum atomic E-state index is -2.84. The van der Waals surface area contributed by atoms with E-state index < -0.39 is 57.1 Å². The number of hydrogen-bond acceptors (Lipinski definition) is 7.